The van der Waals surface area contributed by atoms with Crippen LogP contribution in [0.3, 0.4) is 0 Å². The average Bonchev–Trinajstić information content (AvgIpc) is 3.27. The van der Waals surface area contributed by atoms with Gasteiger partial charge in [0, 0.05) is 16.3 Å². The number of hydrogen-bond acceptors (Lipinski definition) is 4. The van der Waals surface area contributed by atoms with E-state index in [9.17, 15) is 9.18 Å². The van der Waals surface area contributed by atoms with Gasteiger partial charge in [0.15, 0.2) is 11.0 Å². The molecule has 0 bridgehead atoms. The zero-order valence-corrected chi connectivity index (χ0v) is 22.6. The minimum atomic E-state index is -0.549. The second-order valence-corrected chi connectivity index (χ2v) is 10.1. The molecule has 186 valence electrons. The Balaban J connectivity index is 1.73. The van der Waals surface area contributed by atoms with Crippen molar-refractivity contribution >= 4 is 58.2 Å². The van der Waals surface area contributed by atoms with Crippen LogP contribution in [-0.2, 0) is 17.6 Å². The molecule has 3 aromatic carbocycles. The van der Waals surface area contributed by atoms with Crippen molar-refractivity contribution in [3.63, 3.8) is 0 Å². The molecule has 1 heterocycles. The normalized spacial score (nSPS) is 11.1. The summed E-state index contributed by atoms with van der Waals surface area (Å²) in [6.45, 7) is 4.18. The van der Waals surface area contributed by atoms with Crippen LogP contribution in [0.2, 0.25) is 15.1 Å². The quantitative estimate of drug-likeness (QED) is 0.221. The summed E-state index contributed by atoms with van der Waals surface area (Å²) in [6.07, 6.45) is 1.59. The van der Waals surface area contributed by atoms with Crippen molar-refractivity contribution in [3.8, 4) is 17.1 Å². The third-order valence-electron chi connectivity index (χ3n) is 5.53. The van der Waals surface area contributed by atoms with Crippen molar-refractivity contribution in [2.75, 3.05) is 11.1 Å². The second-order valence-electron chi connectivity index (χ2n) is 7.86. The molecule has 0 aliphatic carbocycles. The second kappa shape index (κ2) is 11.6. The monoisotopic (exact) mass is 562 g/mol. The summed E-state index contributed by atoms with van der Waals surface area (Å²) in [5.74, 6) is -0.229. The molecule has 10 heteroatoms. The lowest BCUT2D eigenvalue weighted by Crippen LogP contribution is -2.15. The molecule has 0 fully saturated rings. The van der Waals surface area contributed by atoms with Gasteiger partial charge in [-0.05, 0) is 60.4 Å². The van der Waals surface area contributed by atoms with Gasteiger partial charge in [-0.25, -0.2) is 4.39 Å². The molecule has 0 spiro atoms. The Morgan fingerprint density at radius 2 is 1.69 bits per heavy atom. The third kappa shape index (κ3) is 5.70. The Morgan fingerprint density at radius 3 is 2.33 bits per heavy atom. The maximum absolute atomic E-state index is 13.4. The van der Waals surface area contributed by atoms with Crippen LogP contribution in [0.4, 0.5) is 10.1 Å². The highest BCUT2D eigenvalue weighted by Gasteiger charge is 2.22. The highest BCUT2D eigenvalue weighted by atomic mass is 35.5. The molecule has 0 aliphatic rings. The van der Waals surface area contributed by atoms with E-state index in [0.717, 1.165) is 29.7 Å². The van der Waals surface area contributed by atoms with Crippen molar-refractivity contribution in [2.45, 2.75) is 31.8 Å². The minimum Gasteiger partial charge on any atom is -0.325 e. The van der Waals surface area contributed by atoms with E-state index in [4.69, 9.17) is 34.8 Å². The topological polar surface area (TPSA) is 59.8 Å². The Bertz CT molecular complexity index is 1400. The first-order chi connectivity index (χ1) is 17.3. The molecule has 0 aliphatic heterocycles. The van der Waals surface area contributed by atoms with E-state index in [0.29, 0.717) is 32.3 Å². The largest absolute Gasteiger partial charge is 0.325 e. The Kier molecular flexibility index (Phi) is 8.57. The molecule has 0 saturated heterocycles. The van der Waals surface area contributed by atoms with Crippen LogP contribution < -0.4 is 5.32 Å². The van der Waals surface area contributed by atoms with Gasteiger partial charge in [-0.1, -0.05) is 78.6 Å². The first-order valence-electron chi connectivity index (χ1n) is 11.2. The lowest BCUT2D eigenvalue weighted by molar-refractivity contribution is -0.113. The molecule has 5 nitrogen and oxygen atoms in total. The van der Waals surface area contributed by atoms with Crippen LogP contribution in [0.5, 0.6) is 0 Å². The van der Waals surface area contributed by atoms with Gasteiger partial charge in [0.25, 0.3) is 0 Å². The molecule has 4 rings (SSSR count). The SMILES string of the molecule is CCc1cccc(CC)c1-n1c(SCC(=O)Nc2ccc(F)c(Cl)c2)nnc1-c1ccc(Cl)cc1Cl. The molecule has 1 aromatic heterocycles. The minimum absolute atomic E-state index is 0.0528. The molecule has 0 atom stereocenters. The molecule has 0 saturated carbocycles. The predicted molar refractivity (Wildman–Crippen MR) is 146 cm³/mol. The van der Waals surface area contributed by atoms with Crippen LogP contribution in [-0.4, -0.2) is 26.4 Å². The molecule has 1 amide bonds. The van der Waals surface area contributed by atoms with Crippen LogP contribution in [0.1, 0.15) is 25.0 Å². The number of amides is 1. The number of rotatable bonds is 8. The van der Waals surface area contributed by atoms with E-state index >= 15 is 0 Å². The summed E-state index contributed by atoms with van der Waals surface area (Å²) < 4.78 is 15.4. The standard InChI is InChI=1S/C26H22Cl3FN4OS/c1-3-15-6-5-7-16(4-2)24(15)34-25(19-10-8-17(27)12-20(19)28)32-33-26(34)36-14-23(35)31-18-9-11-22(30)21(29)13-18/h5-13H,3-4,14H2,1-2H3,(H,31,35). The van der Waals surface area contributed by atoms with Gasteiger partial charge < -0.3 is 5.32 Å². The fourth-order valence-corrected chi connectivity index (χ4v) is 5.22. The van der Waals surface area contributed by atoms with E-state index in [1.54, 1.807) is 12.1 Å². The fourth-order valence-electron chi connectivity index (χ4n) is 3.81. The average molecular weight is 564 g/mol. The summed E-state index contributed by atoms with van der Waals surface area (Å²) in [4.78, 5) is 12.7. The van der Waals surface area contributed by atoms with E-state index in [2.05, 4.69) is 41.5 Å². The Labute approximate surface area is 228 Å². The molecule has 36 heavy (non-hydrogen) atoms. The molecular weight excluding hydrogens is 542 g/mol. The number of carbonyl (C=O) groups excluding carboxylic acids is 1. The van der Waals surface area contributed by atoms with E-state index in [-0.39, 0.29) is 16.7 Å². The van der Waals surface area contributed by atoms with E-state index in [1.165, 1.54) is 30.0 Å². The first kappa shape index (κ1) is 26.5. The fraction of sp³-hybridized carbons (Fsp3) is 0.192. The molecule has 0 radical (unpaired) electrons. The van der Waals surface area contributed by atoms with Crippen molar-refractivity contribution in [2.24, 2.45) is 0 Å². The maximum Gasteiger partial charge on any atom is 0.234 e. The summed E-state index contributed by atoms with van der Waals surface area (Å²) in [7, 11) is 0. The van der Waals surface area contributed by atoms with E-state index in [1.807, 2.05) is 16.7 Å². The van der Waals surface area contributed by atoms with Crippen LogP contribution in [0.25, 0.3) is 17.1 Å². The summed E-state index contributed by atoms with van der Waals surface area (Å²) in [6, 6.07) is 15.4. The Hall–Kier alpha value is -2.58. The number of hydrogen-bond donors (Lipinski definition) is 1. The third-order valence-corrected chi connectivity index (χ3v) is 7.30. The molecule has 4 aromatic rings. The highest BCUT2D eigenvalue weighted by Crippen LogP contribution is 2.36. The number of aromatic nitrogens is 3. The molecule has 0 unspecified atom stereocenters. The highest BCUT2D eigenvalue weighted by molar-refractivity contribution is 7.99. The van der Waals surface area contributed by atoms with Crippen molar-refractivity contribution < 1.29 is 9.18 Å². The lowest BCUT2D eigenvalue weighted by Gasteiger charge is -2.18. The number of para-hydroxylation sites is 1. The number of aryl methyl sites for hydroxylation is 2. The van der Waals surface area contributed by atoms with Crippen LogP contribution in [0.15, 0.2) is 59.8 Å². The number of carbonyl (C=O) groups is 1. The van der Waals surface area contributed by atoms with Gasteiger partial charge >= 0.3 is 0 Å². The van der Waals surface area contributed by atoms with Gasteiger partial charge in [-0.2, -0.15) is 0 Å². The van der Waals surface area contributed by atoms with Gasteiger partial charge in [0.1, 0.15) is 5.82 Å². The summed E-state index contributed by atoms with van der Waals surface area (Å²) in [5.41, 5.74) is 4.30. The zero-order chi connectivity index (χ0) is 25.8. The lowest BCUT2D eigenvalue weighted by atomic mass is 10.0. The van der Waals surface area contributed by atoms with Crippen molar-refractivity contribution in [1.29, 1.82) is 0 Å². The van der Waals surface area contributed by atoms with Gasteiger partial charge in [-0.3, -0.25) is 9.36 Å². The zero-order valence-electron chi connectivity index (χ0n) is 19.5. The first-order valence-corrected chi connectivity index (χ1v) is 13.3. The van der Waals surface area contributed by atoms with Crippen molar-refractivity contribution in [3.05, 3.63) is 86.6 Å². The number of benzene rings is 3. The number of nitrogens with one attached hydrogen (secondary N) is 1. The van der Waals surface area contributed by atoms with Crippen molar-refractivity contribution in [1.82, 2.24) is 14.8 Å². The molecule has 1 N–H and O–H groups in total. The summed E-state index contributed by atoms with van der Waals surface area (Å²) >= 11 is 19.7. The van der Waals surface area contributed by atoms with Gasteiger partial charge in [-0.15, -0.1) is 10.2 Å². The number of nitrogens with zero attached hydrogens (tertiary/aromatic N) is 3. The predicted octanol–water partition coefficient (Wildman–Crippen LogP) is 7.89. The number of anilines is 1. The molecular formula is C26H22Cl3FN4OS. The number of halogens is 4. The summed E-state index contributed by atoms with van der Waals surface area (Å²) in [5, 5.41) is 13.1. The van der Waals surface area contributed by atoms with E-state index < -0.39 is 5.82 Å². The van der Waals surface area contributed by atoms with Gasteiger partial charge in [0.2, 0.25) is 5.91 Å². The van der Waals surface area contributed by atoms with Gasteiger partial charge in [0.05, 0.1) is 21.5 Å². The smallest absolute Gasteiger partial charge is 0.234 e. The number of thioether (sulfide) groups is 1. The van der Waals surface area contributed by atoms with Crippen LogP contribution >= 0.6 is 46.6 Å². The Morgan fingerprint density at radius 1 is 0.972 bits per heavy atom. The van der Waals surface area contributed by atoms with Crippen LogP contribution in [0, 0.1) is 5.82 Å². The maximum atomic E-state index is 13.4.